The van der Waals surface area contributed by atoms with E-state index < -0.39 is 5.60 Å². The zero-order valence-electron chi connectivity index (χ0n) is 14.8. The van der Waals surface area contributed by atoms with Crippen molar-refractivity contribution in [3.8, 4) is 0 Å². The lowest BCUT2D eigenvalue weighted by Crippen LogP contribution is -2.41. The maximum absolute atomic E-state index is 12.2. The molecule has 1 fully saturated rings. The number of hydrogen-bond donors (Lipinski definition) is 1. The van der Waals surface area contributed by atoms with E-state index in [0.29, 0.717) is 5.92 Å². The first-order chi connectivity index (χ1) is 10.8. The number of amides is 1. The first-order valence-corrected chi connectivity index (χ1v) is 8.87. The molecule has 0 aromatic carbocycles. The standard InChI is InChI=1S/C18H29N3O2/c1-12-5-6-15-14(11-12)16(20-19-15)13-7-9-21(10-8-13)17(22)23-18(2,3)4/h12-13H,5-11H2,1-4H3,(H,19,20). The Kier molecular flexibility index (Phi) is 4.39. The fourth-order valence-electron chi connectivity index (χ4n) is 3.69. The number of carbonyl (C=O) groups is 1. The van der Waals surface area contributed by atoms with Crippen LogP contribution in [-0.4, -0.2) is 39.9 Å². The lowest BCUT2D eigenvalue weighted by atomic mass is 9.83. The molecule has 0 spiro atoms. The summed E-state index contributed by atoms with van der Waals surface area (Å²) in [7, 11) is 0. The quantitative estimate of drug-likeness (QED) is 0.859. The Morgan fingerprint density at radius 3 is 2.61 bits per heavy atom. The molecule has 0 bridgehead atoms. The van der Waals surface area contributed by atoms with Gasteiger partial charge in [0.25, 0.3) is 0 Å². The summed E-state index contributed by atoms with van der Waals surface area (Å²) in [6, 6.07) is 0. The molecule has 2 heterocycles. The third-order valence-corrected chi connectivity index (χ3v) is 4.96. The molecule has 3 rings (SSSR count). The maximum Gasteiger partial charge on any atom is 0.410 e. The molecule has 2 aliphatic rings. The lowest BCUT2D eigenvalue weighted by Gasteiger charge is -2.33. The van der Waals surface area contributed by atoms with Gasteiger partial charge in [0.05, 0.1) is 5.69 Å². The molecule has 128 valence electrons. The number of nitrogens with one attached hydrogen (secondary N) is 1. The number of rotatable bonds is 1. The number of aryl methyl sites for hydroxylation is 1. The zero-order valence-corrected chi connectivity index (χ0v) is 14.8. The van der Waals surface area contributed by atoms with Crippen LogP contribution in [0.5, 0.6) is 0 Å². The third-order valence-electron chi connectivity index (χ3n) is 4.96. The van der Waals surface area contributed by atoms with Crippen LogP contribution in [0.15, 0.2) is 0 Å². The number of hydrogen-bond acceptors (Lipinski definition) is 3. The Morgan fingerprint density at radius 1 is 1.26 bits per heavy atom. The van der Waals surface area contributed by atoms with Gasteiger partial charge < -0.3 is 9.64 Å². The molecule has 1 unspecified atom stereocenters. The van der Waals surface area contributed by atoms with E-state index in [1.165, 1.54) is 23.4 Å². The number of nitrogens with zero attached hydrogens (tertiary/aromatic N) is 2. The second-order valence-corrected chi connectivity index (χ2v) is 8.16. The van der Waals surface area contributed by atoms with Crippen molar-refractivity contribution in [3.05, 3.63) is 17.0 Å². The first-order valence-electron chi connectivity index (χ1n) is 8.87. The zero-order chi connectivity index (χ0) is 16.6. The van der Waals surface area contributed by atoms with Crippen LogP contribution in [0.2, 0.25) is 0 Å². The normalized spacial score (nSPS) is 22.8. The highest BCUT2D eigenvalue weighted by molar-refractivity contribution is 5.68. The highest BCUT2D eigenvalue weighted by atomic mass is 16.6. The number of likely N-dealkylation sites (tertiary alicyclic amines) is 1. The molecule has 5 heteroatoms. The summed E-state index contributed by atoms with van der Waals surface area (Å²) in [4.78, 5) is 14.0. The largest absolute Gasteiger partial charge is 0.444 e. The van der Waals surface area contributed by atoms with Crippen LogP contribution in [0.3, 0.4) is 0 Å². The smallest absolute Gasteiger partial charge is 0.410 e. The molecule has 1 atom stereocenters. The number of carbonyl (C=O) groups excluding carboxylic acids is 1. The topological polar surface area (TPSA) is 58.2 Å². The summed E-state index contributed by atoms with van der Waals surface area (Å²) in [6.07, 6.45) is 5.29. The summed E-state index contributed by atoms with van der Waals surface area (Å²) >= 11 is 0. The van der Waals surface area contributed by atoms with Crippen LogP contribution in [0, 0.1) is 5.92 Å². The average Bonchev–Trinajstić information content (AvgIpc) is 2.88. The van der Waals surface area contributed by atoms with Gasteiger partial charge in [-0.2, -0.15) is 5.10 Å². The summed E-state index contributed by atoms with van der Waals surface area (Å²) < 4.78 is 5.47. The van der Waals surface area contributed by atoms with Gasteiger partial charge in [0.15, 0.2) is 0 Å². The van der Waals surface area contributed by atoms with Gasteiger partial charge >= 0.3 is 6.09 Å². The van der Waals surface area contributed by atoms with Crippen molar-refractivity contribution in [2.75, 3.05) is 13.1 Å². The fraction of sp³-hybridized carbons (Fsp3) is 0.778. The summed E-state index contributed by atoms with van der Waals surface area (Å²) in [6.45, 7) is 9.58. The van der Waals surface area contributed by atoms with Crippen LogP contribution in [0.1, 0.15) is 69.8 Å². The SMILES string of the molecule is CC1CCc2[nH]nc(C3CCN(C(=O)OC(C)(C)C)CC3)c2C1. The Labute approximate surface area is 138 Å². The number of fused-ring (bicyclic) bond motifs is 1. The number of ether oxygens (including phenoxy) is 1. The molecule has 0 saturated carbocycles. The molecular weight excluding hydrogens is 290 g/mol. The lowest BCUT2D eigenvalue weighted by molar-refractivity contribution is 0.0204. The molecule has 1 aliphatic heterocycles. The molecule has 0 radical (unpaired) electrons. The molecule has 1 aromatic rings. The maximum atomic E-state index is 12.2. The number of aromatic amines is 1. The van der Waals surface area contributed by atoms with E-state index in [-0.39, 0.29) is 6.09 Å². The van der Waals surface area contributed by atoms with Crippen molar-refractivity contribution in [3.63, 3.8) is 0 Å². The molecule has 1 aromatic heterocycles. The predicted molar refractivity (Wildman–Crippen MR) is 89.6 cm³/mol. The van der Waals surface area contributed by atoms with Crippen LogP contribution in [-0.2, 0) is 17.6 Å². The molecule has 1 amide bonds. The van der Waals surface area contributed by atoms with Gasteiger partial charge in [-0.25, -0.2) is 4.79 Å². The van der Waals surface area contributed by atoms with Crippen molar-refractivity contribution in [1.29, 1.82) is 0 Å². The molecule has 1 N–H and O–H groups in total. The minimum Gasteiger partial charge on any atom is -0.444 e. The van der Waals surface area contributed by atoms with Crippen molar-refractivity contribution < 1.29 is 9.53 Å². The monoisotopic (exact) mass is 319 g/mol. The van der Waals surface area contributed by atoms with E-state index in [1.807, 2.05) is 25.7 Å². The van der Waals surface area contributed by atoms with Gasteiger partial charge in [-0.3, -0.25) is 5.10 Å². The number of H-pyrrole nitrogens is 1. The fourth-order valence-corrected chi connectivity index (χ4v) is 3.69. The third kappa shape index (κ3) is 3.70. The Balaban J connectivity index is 1.62. The van der Waals surface area contributed by atoms with E-state index in [4.69, 9.17) is 4.74 Å². The number of piperidine rings is 1. The highest BCUT2D eigenvalue weighted by Gasteiger charge is 2.31. The van der Waals surface area contributed by atoms with Gasteiger partial charge in [0.2, 0.25) is 0 Å². The van der Waals surface area contributed by atoms with Crippen molar-refractivity contribution in [1.82, 2.24) is 15.1 Å². The summed E-state index contributed by atoms with van der Waals surface area (Å²) in [5.41, 5.74) is 3.63. The van der Waals surface area contributed by atoms with Gasteiger partial charge in [-0.05, 0) is 64.4 Å². The van der Waals surface area contributed by atoms with Crippen molar-refractivity contribution >= 4 is 6.09 Å². The van der Waals surface area contributed by atoms with E-state index in [9.17, 15) is 4.79 Å². The number of aromatic nitrogens is 2. The summed E-state index contributed by atoms with van der Waals surface area (Å²) in [5.74, 6) is 1.22. The molecule has 1 aliphatic carbocycles. The van der Waals surface area contributed by atoms with Crippen molar-refractivity contribution in [2.45, 2.75) is 71.3 Å². The van der Waals surface area contributed by atoms with Gasteiger partial charge in [0, 0.05) is 24.7 Å². The summed E-state index contributed by atoms with van der Waals surface area (Å²) in [5, 5.41) is 7.88. The van der Waals surface area contributed by atoms with E-state index >= 15 is 0 Å². The second-order valence-electron chi connectivity index (χ2n) is 8.16. The van der Waals surface area contributed by atoms with E-state index in [2.05, 4.69) is 17.1 Å². The van der Waals surface area contributed by atoms with Crippen molar-refractivity contribution in [2.24, 2.45) is 5.92 Å². The average molecular weight is 319 g/mol. The van der Waals surface area contributed by atoms with Crippen LogP contribution < -0.4 is 0 Å². The van der Waals surface area contributed by atoms with Crippen LogP contribution in [0.4, 0.5) is 4.79 Å². The molecule has 1 saturated heterocycles. The predicted octanol–water partition coefficient (Wildman–Crippen LogP) is 3.65. The van der Waals surface area contributed by atoms with Gasteiger partial charge in [-0.1, -0.05) is 6.92 Å². The molecule has 23 heavy (non-hydrogen) atoms. The first kappa shape index (κ1) is 16.3. The van der Waals surface area contributed by atoms with Gasteiger partial charge in [0.1, 0.15) is 5.60 Å². The Morgan fingerprint density at radius 2 is 1.96 bits per heavy atom. The second kappa shape index (κ2) is 6.17. The van der Waals surface area contributed by atoms with E-state index in [1.54, 1.807) is 0 Å². The minimum absolute atomic E-state index is 0.186. The minimum atomic E-state index is -0.425. The van der Waals surface area contributed by atoms with Crippen LogP contribution >= 0.6 is 0 Å². The molecule has 5 nitrogen and oxygen atoms in total. The molecular formula is C18H29N3O2. The van der Waals surface area contributed by atoms with E-state index in [0.717, 1.165) is 44.7 Å². The Hall–Kier alpha value is -1.52. The Bertz CT molecular complexity index is 565. The van der Waals surface area contributed by atoms with Gasteiger partial charge in [-0.15, -0.1) is 0 Å². The highest BCUT2D eigenvalue weighted by Crippen LogP contribution is 2.34. The van der Waals surface area contributed by atoms with Crippen LogP contribution in [0.25, 0.3) is 0 Å².